The van der Waals surface area contributed by atoms with Crippen LogP contribution in [0.4, 0.5) is 4.79 Å². The first kappa shape index (κ1) is 22.6. The van der Waals surface area contributed by atoms with Gasteiger partial charge in [0.25, 0.3) is 11.1 Å². The van der Waals surface area contributed by atoms with Gasteiger partial charge in [0.2, 0.25) is 5.91 Å². The second-order valence-electron chi connectivity index (χ2n) is 6.25. The highest BCUT2D eigenvalue weighted by molar-refractivity contribution is 9.10. The number of rotatable bonds is 7. The van der Waals surface area contributed by atoms with Crippen LogP contribution in [0.25, 0.3) is 6.08 Å². The highest BCUT2D eigenvalue weighted by Crippen LogP contribution is 2.39. The Balaban J connectivity index is 1.91. The van der Waals surface area contributed by atoms with E-state index in [1.165, 1.54) is 6.08 Å². The van der Waals surface area contributed by atoms with Gasteiger partial charge >= 0.3 is 5.97 Å². The average molecular weight is 505 g/mol. The molecule has 0 saturated carbocycles. The van der Waals surface area contributed by atoms with Gasteiger partial charge in [-0.05, 0) is 70.5 Å². The summed E-state index contributed by atoms with van der Waals surface area (Å²) in [6, 6.07) is 11.7. The van der Waals surface area contributed by atoms with E-state index < -0.39 is 29.6 Å². The number of nitrogens with two attached hydrogens (primary N) is 1. The SMILES string of the molecule is CCOc1cc(/C=C2\SC(=O)N(CC(N)=O)C2=O)cc(Br)c1OC(=O)c1ccccc1. The average Bonchev–Trinajstić information content (AvgIpc) is 2.98. The van der Waals surface area contributed by atoms with Crippen molar-refractivity contribution in [3.05, 3.63) is 63.0 Å². The second-order valence-corrected chi connectivity index (χ2v) is 8.10. The Morgan fingerprint density at radius 2 is 1.90 bits per heavy atom. The van der Waals surface area contributed by atoms with Crippen LogP contribution in [0.2, 0.25) is 0 Å². The van der Waals surface area contributed by atoms with Crippen LogP contribution in [-0.4, -0.2) is 41.1 Å². The Kier molecular flexibility index (Phi) is 7.13. The van der Waals surface area contributed by atoms with Gasteiger partial charge in [-0.3, -0.25) is 19.3 Å². The van der Waals surface area contributed by atoms with Gasteiger partial charge in [-0.15, -0.1) is 0 Å². The van der Waals surface area contributed by atoms with Crippen molar-refractivity contribution < 1.29 is 28.7 Å². The van der Waals surface area contributed by atoms with E-state index in [1.54, 1.807) is 49.4 Å². The van der Waals surface area contributed by atoms with Crippen LogP contribution >= 0.6 is 27.7 Å². The van der Waals surface area contributed by atoms with E-state index in [0.717, 1.165) is 4.90 Å². The number of esters is 1. The van der Waals surface area contributed by atoms with Crippen LogP contribution < -0.4 is 15.2 Å². The van der Waals surface area contributed by atoms with Crippen LogP contribution in [0.3, 0.4) is 0 Å². The van der Waals surface area contributed by atoms with Gasteiger partial charge in [0, 0.05) is 0 Å². The van der Waals surface area contributed by atoms with E-state index >= 15 is 0 Å². The van der Waals surface area contributed by atoms with E-state index in [-0.39, 0.29) is 16.4 Å². The number of nitrogens with zero attached hydrogens (tertiary/aromatic N) is 1. The number of hydrogen-bond donors (Lipinski definition) is 1. The number of halogens is 1. The van der Waals surface area contributed by atoms with Gasteiger partial charge in [-0.1, -0.05) is 18.2 Å². The molecule has 160 valence electrons. The molecule has 10 heteroatoms. The molecule has 0 radical (unpaired) electrons. The predicted molar refractivity (Wildman–Crippen MR) is 119 cm³/mol. The zero-order valence-electron chi connectivity index (χ0n) is 16.3. The maximum absolute atomic E-state index is 12.5. The smallest absolute Gasteiger partial charge is 0.343 e. The van der Waals surface area contributed by atoms with Gasteiger partial charge < -0.3 is 15.2 Å². The summed E-state index contributed by atoms with van der Waals surface area (Å²) >= 11 is 4.08. The van der Waals surface area contributed by atoms with Gasteiger partial charge in [0.15, 0.2) is 11.5 Å². The van der Waals surface area contributed by atoms with Gasteiger partial charge in [0.1, 0.15) is 6.54 Å². The second kappa shape index (κ2) is 9.80. The van der Waals surface area contributed by atoms with Crippen molar-refractivity contribution in [2.45, 2.75) is 6.92 Å². The number of benzene rings is 2. The maximum atomic E-state index is 12.5. The van der Waals surface area contributed by atoms with Crippen LogP contribution in [0.15, 0.2) is 51.8 Å². The Hall–Kier alpha value is -3.11. The molecule has 2 aromatic carbocycles. The molecular weight excluding hydrogens is 488 g/mol. The lowest BCUT2D eigenvalue weighted by Crippen LogP contribution is -2.36. The number of amides is 3. The van der Waals surface area contributed by atoms with E-state index in [0.29, 0.717) is 34.0 Å². The fourth-order valence-electron chi connectivity index (χ4n) is 2.70. The van der Waals surface area contributed by atoms with E-state index in [9.17, 15) is 19.2 Å². The van der Waals surface area contributed by atoms with Crippen molar-refractivity contribution in [3.8, 4) is 11.5 Å². The van der Waals surface area contributed by atoms with Crippen LogP contribution in [-0.2, 0) is 9.59 Å². The molecule has 0 bridgehead atoms. The van der Waals surface area contributed by atoms with Crippen molar-refractivity contribution >= 4 is 56.8 Å². The highest BCUT2D eigenvalue weighted by Gasteiger charge is 2.36. The zero-order valence-corrected chi connectivity index (χ0v) is 18.7. The van der Waals surface area contributed by atoms with Crippen molar-refractivity contribution in [3.63, 3.8) is 0 Å². The van der Waals surface area contributed by atoms with Crippen molar-refractivity contribution in [1.82, 2.24) is 4.90 Å². The summed E-state index contributed by atoms with van der Waals surface area (Å²) in [4.78, 5) is 48.9. The monoisotopic (exact) mass is 504 g/mol. The third-order valence-corrected chi connectivity index (χ3v) is 5.52. The van der Waals surface area contributed by atoms with E-state index in [4.69, 9.17) is 15.2 Å². The molecular formula is C21H17BrN2O6S. The number of thioether (sulfide) groups is 1. The Morgan fingerprint density at radius 3 is 2.55 bits per heavy atom. The van der Waals surface area contributed by atoms with Crippen molar-refractivity contribution in [2.75, 3.05) is 13.2 Å². The molecule has 1 heterocycles. The molecule has 2 N–H and O–H groups in total. The lowest BCUT2D eigenvalue weighted by molar-refractivity contribution is -0.127. The lowest BCUT2D eigenvalue weighted by Gasteiger charge is -2.14. The molecule has 1 saturated heterocycles. The summed E-state index contributed by atoms with van der Waals surface area (Å²) in [6.45, 7) is 1.60. The molecule has 8 nitrogen and oxygen atoms in total. The standard InChI is InChI=1S/C21H17BrN2O6S/c1-2-29-15-9-12(10-16-19(26)24(11-17(23)25)21(28)31-16)8-14(22)18(15)30-20(27)13-6-4-3-5-7-13/h3-10H,2,11H2,1H3,(H2,23,25)/b16-10-. The molecule has 2 aromatic rings. The summed E-state index contributed by atoms with van der Waals surface area (Å²) in [7, 11) is 0. The molecule has 1 fully saturated rings. The van der Waals surface area contributed by atoms with Crippen molar-refractivity contribution in [1.29, 1.82) is 0 Å². The fourth-order valence-corrected chi connectivity index (χ4v) is 4.08. The summed E-state index contributed by atoms with van der Waals surface area (Å²) in [5, 5.41) is -0.576. The number of carbonyl (C=O) groups is 4. The first-order valence-corrected chi connectivity index (χ1v) is 10.7. The van der Waals surface area contributed by atoms with Crippen LogP contribution in [0.5, 0.6) is 11.5 Å². The number of primary amides is 1. The molecule has 3 rings (SSSR count). The molecule has 3 amide bonds. The van der Waals surface area contributed by atoms with Gasteiger partial charge in [0.05, 0.1) is 21.5 Å². The van der Waals surface area contributed by atoms with Crippen molar-refractivity contribution in [2.24, 2.45) is 5.73 Å². The summed E-state index contributed by atoms with van der Waals surface area (Å²) < 4.78 is 11.6. The van der Waals surface area contributed by atoms with Crippen LogP contribution in [0, 0.1) is 0 Å². The Labute approximate surface area is 190 Å². The molecule has 0 spiro atoms. The van der Waals surface area contributed by atoms with Crippen LogP contribution in [0.1, 0.15) is 22.8 Å². The highest BCUT2D eigenvalue weighted by atomic mass is 79.9. The largest absolute Gasteiger partial charge is 0.490 e. The normalized spacial score (nSPS) is 14.8. The molecule has 1 aliphatic rings. The topological polar surface area (TPSA) is 116 Å². The van der Waals surface area contributed by atoms with Gasteiger partial charge in [-0.25, -0.2) is 4.79 Å². The maximum Gasteiger partial charge on any atom is 0.343 e. The van der Waals surface area contributed by atoms with E-state index in [2.05, 4.69) is 15.9 Å². The Morgan fingerprint density at radius 1 is 1.19 bits per heavy atom. The predicted octanol–water partition coefficient (Wildman–Crippen LogP) is 3.59. The number of carbonyl (C=O) groups excluding carboxylic acids is 4. The van der Waals surface area contributed by atoms with Gasteiger partial charge in [-0.2, -0.15) is 0 Å². The third-order valence-electron chi connectivity index (χ3n) is 4.02. The summed E-state index contributed by atoms with van der Waals surface area (Å²) in [5.41, 5.74) is 5.99. The molecule has 0 aliphatic carbocycles. The minimum atomic E-state index is -0.783. The molecule has 0 unspecified atom stereocenters. The molecule has 0 aromatic heterocycles. The Bertz CT molecular complexity index is 1090. The lowest BCUT2D eigenvalue weighted by atomic mass is 10.1. The quantitative estimate of drug-likeness (QED) is 0.347. The zero-order chi connectivity index (χ0) is 22.5. The molecule has 0 atom stereocenters. The first-order chi connectivity index (χ1) is 14.8. The number of hydrogen-bond acceptors (Lipinski definition) is 7. The molecule has 1 aliphatic heterocycles. The number of imide groups is 1. The summed E-state index contributed by atoms with van der Waals surface area (Å²) in [5.74, 6) is -1.47. The summed E-state index contributed by atoms with van der Waals surface area (Å²) in [6.07, 6.45) is 1.49. The molecule has 31 heavy (non-hydrogen) atoms. The number of ether oxygens (including phenoxy) is 2. The first-order valence-electron chi connectivity index (χ1n) is 9.07. The third kappa shape index (κ3) is 5.33. The fraction of sp³-hybridized carbons (Fsp3) is 0.143. The van der Waals surface area contributed by atoms with E-state index in [1.807, 2.05) is 0 Å². The minimum Gasteiger partial charge on any atom is -0.490 e. The minimum absolute atomic E-state index is 0.134.